The molecule has 2 aromatic rings. The Balaban J connectivity index is 2.26. The third-order valence-electron chi connectivity index (χ3n) is 2.32. The van der Waals surface area contributed by atoms with Gasteiger partial charge < -0.3 is 5.73 Å². The minimum absolute atomic E-state index is 0.102. The molecule has 0 amide bonds. The van der Waals surface area contributed by atoms with Gasteiger partial charge in [-0.15, -0.1) is 0 Å². The Bertz CT molecular complexity index is 517. The SMILES string of the molecule is CC(N)Cc1cc(Cl)ccc1Sc1cnccn1. The average Bonchev–Trinajstić information content (AvgIpc) is 2.33. The van der Waals surface area contributed by atoms with E-state index in [4.69, 9.17) is 17.3 Å². The molecule has 0 saturated carbocycles. The molecule has 5 heteroatoms. The maximum absolute atomic E-state index is 6.03. The Morgan fingerprint density at radius 3 is 2.89 bits per heavy atom. The number of halogens is 1. The summed E-state index contributed by atoms with van der Waals surface area (Å²) in [6, 6.07) is 5.94. The minimum Gasteiger partial charge on any atom is -0.328 e. The Morgan fingerprint density at radius 1 is 1.39 bits per heavy atom. The van der Waals surface area contributed by atoms with E-state index in [1.807, 2.05) is 25.1 Å². The van der Waals surface area contributed by atoms with Crippen LogP contribution in [0.4, 0.5) is 0 Å². The lowest BCUT2D eigenvalue weighted by Crippen LogP contribution is -2.18. The summed E-state index contributed by atoms with van der Waals surface area (Å²) in [7, 11) is 0. The normalized spacial score (nSPS) is 12.4. The highest BCUT2D eigenvalue weighted by atomic mass is 35.5. The van der Waals surface area contributed by atoms with Gasteiger partial charge in [0.1, 0.15) is 5.03 Å². The van der Waals surface area contributed by atoms with E-state index in [2.05, 4.69) is 9.97 Å². The Labute approximate surface area is 116 Å². The highest BCUT2D eigenvalue weighted by molar-refractivity contribution is 7.99. The van der Waals surface area contributed by atoms with E-state index in [-0.39, 0.29) is 6.04 Å². The fourth-order valence-electron chi connectivity index (χ4n) is 1.60. The van der Waals surface area contributed by atoms with E-state index in [1.165, 1.54) is 0 Å². The first kappa shape index (κ1) is 13.3. The van der Waals surface area contributed by atoms with Crippen LogP contribution in [0.15, 0.2) is 46.7 Å². The van der Waals surface area contributed by atoms with Gasteiger partial charge in [-0.1, -0.05) is 23.4 Å². The molecule has 18 heavy (non-hydrogen) atoms. The standard InChI is InChI=1S/C13H14ClN3S/c1-9(15)6-10-7-11(14)2-3-12(10)18-13-8-16-4-5-17-13/h2-5,7-9H,6,15H2,1H3. The number of aromatic nitrogens is 2. The van der Waals surface area contributed by atoms with Gasteiger partial charge in [0.2, 0.25) is 0 Å². The molecule has 0 radical (unpaired) electrons. The second kappa shape index (κ2) is 6.18. The zero-order chi connectivity index (χ0) is 13.0. The van der Waals surface area contributed by atoms with E-state index >= 15 is 0 Å². The van der Waals surface area contributed by atoms with E-state index < -0.39 is 0 Å². The van der Waals surface area contributed by atoms with Gasteiger partial charge in [0.25, 0.3) is 0 Å². The van der Waals surface area contributed by atoms with Crippen LogP contribution < -0.4 is 5.73 Å². The van der Waals surface area contributed by atoms with Crippen molar-refractivity contribution < 1.29 is 0 Å². The molecule has 0 aliphatic heterocycles. The number of nitrogens with zero attached hydrogens (tertiary/aromatic N) is 2. The summed E-state index contributed by atoms with van der Waals surface area (Å²) in [5.74, 6) is 0. The van der Waals surface area contributed by atoms with E-state index in [1.54, 1.807) is 30.4 Å². The van der Waals surface area contributed by atoms with Crippen molar-refractivity contribution >= 4 is 23.4 Å². The van der Waals surface area contributed by atoms with Crippen molar-refractivity contribution in [3.8, 4) is 0 Å². The Hall–Kier alpha value is -1.10. The lowest BCUT2D eigenvalue weighted by Gasteiger charge is -2.11. The van der Waals surface area contributed by atoms with Crippen LogP contribution in [0.2, 0.25) is 5.02 Å². The van der Waals surface area contributed by atoms with E-state index in [0.29, 0.717) is 0 Å². The number of nitrogens with two attached hydrogens (primary N) is 1. The van der Waals surface area contributed by atoms with Crippen molar-refractivity contribution in [3.63, 3.8) is 0 Å². The lowest BCUT2D eigenvalue weighted by molar-refractivity contribution is 0.729. The summed E-state index contributed by atoms with van der Waals surface area (Å²) in [6.07, 6.45) is 5.89. The first-order valence-corrected chi connectivity index (χ1v) is 6.82. The lowest BCUT2D eigenvalue weighted by atomic mass is 10.1. The molecule has 1 heterocycles. The molecule has 0 aliphatic carbocycles. The van der Waals surface area contributed by atoms with Crippen LogP contribution in [0.1, 0.15) is 12.5 Å². The molecule has 2 rings (SSSR count). The van der Waals surface area contributed by atoms with Crippen LogP contribution >= 0.6 is 23.4 Å². The van der Waals surface area contributed by atoms with Crippen molar-refractivity contribution in [3.05, 3.63) is 47.4 Å². The van der Waals surface area contributed by atoms with Crippen molar-refractivity contribution in [2.75, 3.05) is 0 Å². The van der Waals surface area contributed by atoms with Gasteiger partial charge in [0, 0.05) is 28.4 Å². The molecule has 2 N–H and O–H groups in total. The second-order valence-corrected chi connectivity index (χ2v) is 5.58. The van der Waals surface area contributed by atoms with Crippen molar-refractivity contribution in [1.82, 2.24) is 9.97 Å². The number of hydrogen-bond acceptors (Lipinski definition) is 4. The second-order valence-electron chi connectivity index (χ2n) is 4.08. The largest absolute Gasteiger partial charge is 0.328 e. The molecule has 1 aromatic heterocycles. The molecule has 3 nitrogen and oxygen atoms in total. The first-order valence-electron chi connectivity index (χ1n) is 5.63. The summed E-state index contributed by atoms with van der Waals surface area (Å²) in [5, 5.41) is 1.60. The zero-order valence-electron chi connectivity index (χ0n) is 10.0. The maximum atomic E-state index is 6.03. The van der Waals surface area contributed by atoms with Crippen molar-refractivity contribution in [1.29, 1.82) is 0 Å². The zero-order valence-corrected chi connectivity index (χ0v) is 11.6. The third kappa shape index (κ3) is 3.70. The predicted octanol–water partition coefficient (Wildman–Crippen LogP) is 3.17. The molecule has 0 aliphatic rings. The highest BCUT2D eigenvalue weighted by Gasteiger charge is 2.08. The molecule has 1 atom stereocenters. The van der Waals surface area contributed by atoms with Gasteiger partial charge in [0.05, 0.1) is 6.20 Å². The molecule has 1 unspecified atom stereocenters. The monoisotopic (exact) mass is 279 g/mol. The minimum atomic E-state index is 0.102. The predicted molar refractivity (Wildman–Crippen MR) is 75.0 cm³/mol. The summed E-state index contributed by atoms with van der Waals surface area (Å²) in [4.78, 5) is 9.43. The molecular weight excluding hydrogens is 266 g/mol. The van der Waals surface area contributed by atoms with Gasteiger partial charge in [-0.25, -0.2) is 4.98 Å². The molecule has 0 spiro atoms. The van der Waals surface area contributed by atoms with Crippen molar-refractivity contribution in [2.45, 2.75) is 29.3 Å². The quantitative estimate of drug-likeness (QED) is 0.934. The van der Waals surface area contributed by atoms with Gasteiger partial charge >= 0.3 is 0 Å². The summed E-state index contributed by atoms with van der Waals surface area (Å²) in [5.41, 5.74) is 7.00. The van der Waals surface area contributed by atoms with E-state index in [9.17, 15) is 0 Å². The van der Waals surface area contributed by atoms with Crippen molar-refractivity contribution in [2.24, 2.45) is 5.73 Å². The van der Waals surface area contributed by atoms with Crippen LogP contribution in [-0.4, -0.2) is 16.0 Å². The first-order chi connectivity index (χ1) is 8.65. The van der Waals surface area contributed by atoms with Crippen LogP contribution in [0.5, 0.6) is 0 Å². The Kier molecular flexibility index (Phi) is 4.58. The van der Waals surface area contributed by atoms with E-state index in [0.717, 1.165) is 26.9 Å². The number of benzene rings is 1. The molecule has 0 saturated heterocycles. The highest BCUT2D eigenvalue weighted by Crippen LogP contribution is 2.31. The van der Waals surface area contributed by atoms with Crippen LogP contribution in [-0.2, 0) is 6.42 Å². The fraction of sp³-hybridized carbons (Fsp3) is 0.231. The molecule has 94 valence electrons. The molecule has 0 fully saturated rings. The summed E-state index contributed by atoms with van der Waals surface area (Å²) >= 11 is 7.60. The van der Waals surface area contributed by atoms with Crippen LogP contribution in [0.25, 0.3) is 0 Å². The summed E-state index contributed by atoms with van der Waals surface area (Å²) < 4.78 is 0. The van der Waals surface area contributed by atoms with Gasteiger partial charge in [-0.2, -0.15) is 0 Å². The molecular formula is C13H14ClN3S. The summed E-state index contributed by atoms with van der Waals surface area (Å²) in [6.45, 7) is 1.98. The average molecular weight is 280 g/mol. The molecule has 1 aromatic carbocycles. The topological polar surface area (TPSA) is 51.8 Å². The van der Waals surface area contributed by atoms with Gasteiger partial charge in [-0.05, 0) is 37.1 Å². The van der Waals surface area contributed by atoms with Gasteiger partial charge in [0.15, 0.2) is 0 Å². The number of hydrogen-bond donors (Lipinski definition) is 1. The maximum Gasteiger partial charge on any atom is 0.119 e. The third-order valence-corrected chi connectivity index (χ3v) is 3.59. The van der Waals surface area contributed by atoms with Crippen LogP contribution in [0.3, 0.4) is 0 Å². The smallest absolute Gasteiger partial charge is 0.119 e. The van der Waals surface area contributed by atoms with Crippen LogP contribution in [0, 0.1) is 0 Å². The Morgan fingerprint density at radius 2 is 2.22 bits per heavy atom. The number of rotatable bonds is 4. The van der Waals surface area contributed by atoms with Gasteiger partial charge in [-0.3, -0.25) is 4.98 Å². The molecule has 0 bridgehead atoms. The fourth-order valence-corrected chi connectivity index (χ4v) is 2.66.